The number of carbonyl (C=O) groups is 1. The lowest BCUT2D eigenvalue weighted by Crippen LogP contribution is -2.38. The molecule has 0 radical (unpaired) electrons. The van der Waals surface area contributed by atoms with Crippen molar-refractivity contribution in [3.63, 3.8) is 0 Å². The van der Waals surface area contributed by atoms with Crippen LogP contribution in [0.2, 0.25) is 0 Å². The van der Waals surface area contributed by atoms with Crippen molar-refractivity contribution in [3.05, 3.63) is 54.6 Å². The van der Waals surface area contributed by atoms with Gasteiger partial charge in [-0.3, -0.25) is 4.79 Å². The van der Waals surface area contributed by atoms with Crippen LogP contribution in [0.25, 0.3) is 11.1 Å². The highest BCUT2D eigenvalue weighted by molar-refractivity contribution is 5.79. The van der Waals surface area contributed by atoms with E-state index in [2.05, 4.69) is 39.8 Å². The molecule has 1 unspecified atom stereocenters. The van der Waals surface area contributed by atoms with E-state index in [4.69, 9.17) is 4.74 Å². The lowest BCUT2D eigenvalue weighted by molar-refractivity contribution is -0.148. The molecule has 0 aliphatic carbocycles. The minimum atomic E-state index is -0.466. The van der Waals surface area contributed by atoms with Crippen LogP contribution in [-0.2, 0) is 4.79 Å². The molecule has 2 aromatic rings. The van der Waals surface area contributed by atoms with Crippen LogP contribution in [0.3, 0.4) is 0 Å². The summed E-state index contributed by atoms with van der Waals surface area (Å²) in [6, 6.07) is 17.9. The van der Waals surface area contributed by atoms with Crippen molar-refractivity contribution in [1.82, 2.24) is 0 Å². The van der Waals surface area contributed by atoms with E-state index in [1.54, 1.807) is 0 Å². The summed E-state index contributed by atoms with van der Waals surface area (Å²) in [5, 5.41) is 0. The Balaban J connectivity index is 2.14. The standard InChI is InChI=1S/C22H28O2/c1-16(2)15-22(5,17(3)4)21(23)24-20-13-11-19(12-14-20)18-9-7-6-8-10-18/h6-14,16-17H,15H2,1-5H3. The third kappa shape index (κ3) is 4.25. The third-order valence-corrected chi connectivity index (χ3v) is 4.74. The minimum absolute atomic E-state index is 0.140. The Morgan fingerprint density at radius 1 is 0.917 bits per heavy atom. The van der Waals surface area contributed by atoms with Gasteiger partial charge in [0.1, 0.15) is 5.75 Å². The van der Waals surface area contributed by atoms with E-state index in [0.717, 1.165) is 17.5 Å². The number of ether oxygens (including phenoxy) is 1. The van der Waals surface area contributed by atoms with Crippen molar-refractivity contribution in [2.75, 3.05) is 0 Å². The van der Waals surface area contributed by atoms with Crippen molar-refractivity contribution >= 4 is 5.97 Å². The van der Waals surface area contributed by atoms with Crippen LogP contribution in [0.5, 0.6) is 5.75 Å². The van der Waals surface area contributed by atoms with E-state index >= 15 is 0 Å². The summed E-state index contributed by atoms with van der Waals surface area (Å²) < 4.78 is 5.69. The number of benzene rings is 2. The van der Waals surface area contributed by atoms with Crippen molar-refractivity contribution in [2.45, 2.75) is 41.0 Å². The number of carbonyl (C=O) groups excluding carboxylic acids is 1. The Bertz CT molecular complexity index is 656. The summed E-state index contributed by atoms with van der Waals surface area (Å²) in [4.78, 5) is 12.7. The molecule has 2 aromatic carbocycles. The molecule has 0 fully saturated rings. The van der Waals surface area contributed by atoms with Gasteiger partial charge < -0.3 is 4.74 Å². The molecular formula is C22H28O2. The normalized spacial score (nSPS) is 13.8. The summed E-state index contributed by atoms with van der Waals surface area (Å²) in [6.45, 7) is 10.5. The van der Waals surface area contributed by atoms with Crippen molar-refractivity contribution in [2.24, 2.45) is 17.3 Å². The molecule has 0 saturated carbocycles. The summed E-state index contributed by atoms with van der Waals surface area (Å²) >= 11 is 0. The van der Waals surface area contributed by atoms with E-state index in [1.807, 2.05) is 49.4 Å². The largest absolute Gasteiger partial charge is 0.426 e. The molecule has 0 aromatic heterocycles. The average Bonchev–Trinajstić information content (AvgIpc) is 2.55. The fourth-order valence-electron chi connectivity index (χ4n) is 2.97. The smallest absolute Gasteiger partial charge is 0.317 e. The van der Waals surface area contributed by atoms with Gasteiger partial charge in [-0.25, -0.2) is 0 Å². The van der Waals surface area contributed by atoms with E-state index in [0.29, 0.717) is 11.7 Å². The Labute approximate surface area is 145 Å². The minimum Gasteiger partial charge on any atom is -0.426 e. The van der Waals surface area contributed by atoms with Gasteiger partial charge >= 0.3 is 5.97 Å². The van der Waals surface area contributed by atoms with Crippen LogP contribution in [0, 0.1) is 17.3 Å². The first-order valence-corrected chi connectivity index (χ1v) is 8.70. The second-order valence-corrected chi connectivity index (χ2v) is 7.45. The molecule has 2 nitrogen and oxygen atoms in total. The maximum Gasteiger partial charge on any atom is 0.317 e. The molecule has 0 N–H and O–H groups in total. The summed E-state index contributed by atoms with van der Waals surface area (Å²) in [6.07, 6.45) is 0.825. The zero-order chi connectivity index (χ0) is 17.7. The predicted molar refractivity (Wildman–Crippen MR) is 99.9 cm³/mol. The van der Waals surface area contributed by atoms with Gasteiger partial charge in [0.2, 0.25) is 0 Å². The van der Waals surface area contributed by atoms with Gasteiger partial charge in [0.15, 0.2) is 0 Å². The number of rotatable bonds is 6. The van der Waals surface area contributed by atoms with Gasteiger partial charge in [-0.15, -0.1) is 0 Å². The van der Waals surface area contributed by atoms with Crippen LogP contribution < -0.4 is 4.74 Å². The summed E-state index contributed by atoms with van der Waals surface area (Å²) in [5.41, 5.74) is 1.80. The quantitative estimate of drug-likeness (QED) is 0.483. The van der Waals surface area contributed by atoms with Gasteiger partial charge in [0.05, 0.1) is 5.41 Å². The SMILES string of the molecule is CC(C)CC(C)(C(=O)Oc1ccc(-c2ccccc2)cc1)C(C)C. The van der Waals surface area contributed by atoms with Crippen molar-refractivity contribution < 1.29 is 9.53 Å². The average molecular weight is 324 g/mol. The lowest BCUT2D eigenvalue weighted by atomic mass is 9.73. The molecular weight excluding hydrogens is 296 g/mol. The third-order valence-electron chi connectivity index (χ3n) is 4.74. The summed E-state index contributed by atoms with van der Waals surface area (Å²) in [7, 11) is 0. The maximum absolute atomic E-state index is 12.7. The molecule has 0 bridgehead atoms. The van der Waals surface area contributed by atoms with E-state index in [-0.39, 0.29) is 11.9 Å². The topological polar surface area (TPSA) is 26.3 Å². The Kier molecular flexibility index (Phi) is 5.82. The maximum atomic E-state index is 12.7. The fourth-order valence-corrected chi connectivity index (χ4v) is 2.97. The molecule has 128 valence electrons. The van der Waals surface area contributed by atoms with Gasteiger partial charge in [0, 0.05) is 0 Å². The molecule has 2 heteroatoms. The zero-order valence-corrected chi connectivity index (χ0v) is 15.4. The van der Waals surface area contributed by atoms with Gasteiger partial charge in [-0.1, -0.05) is 70.2 Å². The Hall–Kier alpha value is -2.09. The molecule has 0 spiro atoms. The van der Waals surface area contributed by atoms with Gasteiger partial charge in [-0.2, -0.15) is 0 Å². The van der Waals surface area contributed by atoms with Crippen LogP contribution >= 0.6 is 0 Å². The molecule has 0 saturated heterocycles. The molecule has 0 aliphatic heterocycles. The highest BCUT2D eigenvalue weighted by Crippen LogP contribution is 2.36. The Morgan fingerprint density at radius 2 is 1.46 bits per heavy atom. The van der Waals surface area contributed by atoms with Crippen LogP contribution in [-0.4, -0.2) is 5.97 Å². The van der Waals surface area contributed by atoms with Gasteiger partial charge in [-0.05, 0) is 48.4 Å². The van der Waals surface area contributed by atoms with Gasteiger partial charge in [0.25, 0.3) is 0 Å². The monoisotopic (exact) mass is 324 g/mol. The molecule has 24 heavy (non-hydrogen) atoms. The van der Waals surface area contributed by atoms with E-state index in [1.165, 1.54) is 0 Å². The van der Waals surface area contributed by atoms with Crippen molar-refractivity contribution in [1.29, 1.82) is 0 Å². The molecule has 0 heterocycles. The first-order chi connectivity index (χ1) is 11.3. The first-order valence-electron chi connectivity index (χ1n) is 8.70. The van der Waals surface area contributed by atoms with Crippen molar-refractivity contribution in [3.8, 4) is 16.9 Å². The first kappa shape index (κ1) is 18.3. The van der Waals surface area contributed by atoms with Crippen LogP contribution in [0.4, 0.5) is 0 Å². The molecule has 1 atom stereocenters. The Morgan fingerprint density at radius 3 is 1.96 bits per heavy atom. The zero-order valence-electron chi connectivity index (χ0n) is 15.4. The molecule has 2 rings (SSSR count). The second kappa shape index (κ2) is 7.65. The highest BCUT2D eigenvalue weighted by Gasteiger charge is 2.39. The lowest BCUT2D eigenvalue weighted by Gasteiger charge is -2.32. The number of hydrogen-bond donors (Lipinski definition) is 0. The number of hydrogen-bond acceptors (Lipinski definition) is 2. The molecule has 0 amide bonds. The predicted octanol–water partition coefficient (Wildman–Crippen LogP) is 5.97. The fraction of sp³-hybridized carbons (Fsp3) is 0.409. The van der Waals surface area contributed by atoms with E-state index in [9.17, 15) is 4.79 Å². The van der Waals surface area contributed by atoms with Crippen LogP contribution in [0.15, 0.2) is 54.6 Å². The van der Waals surface area contributed by atoms with E-state index < -0.39 is 5.41 Å². The number of esters is 1. The molecule has 0 aliphatic rings. The second-order valence-electron chi connectivity index (χ2n) is 7.45. The highest BCUT2D eigenvalue weighted by atomic mass is 16.5. The van der Waals surface area contributed by atoms with Crippen LogP contribution in [0.1, 0.15) is 41.0 Å². The summed E-state index contributed by atoms with van der Waals surface area (Å²) in [5.74, 6) is 1.15.